The fraction of sp³-hybridized carbons (Fsp3) is 0.417. The highest BCUT2D eigenvalue weighted by Gasteiger charge is 2.17. The van der Waals surface area contributed by atoms with Gasteiger partial charge in [0.1, 0.15) is 6.29 Å². The molecule has 1 N–H and O–H groups in total. The van der Waals surface area contributed by atoms with Crippen molar-refractivity contribution in [2.75, 3.05) is 6.54 Å². The van der Waals surface area contributed by atoms with Crippen LogP contribution in [-0.2, 0) is 6.42 Å². The van der Waals surface area contributed by atoms with E-state index in [-0.39, 0.29) is 11.6 Å². The molecule has 0 radical (unpaired) electrons. The first-order valence-corrected chi connectivity index (χ1v) is 5.37. The first-order chi connectivity index (χ1) is 7.70. The predicted octanol–water partition coefficient (Wildman–Crippen LogP) is 2.07. The van der Waals surface area contributed by atoms with Crippen LogP contribution in [0.2, 0.25) is 0 Å². The first-order valence-electron chi connectivity index (χ1n) is 5.37. The minimum atomic E-state index is -0.967. The number of aldehydes is 1. The number of nitrogens with one attached hydrogen (secondary N) is 1. The predicted molar refractivity (Wildman–Crippen MR) is 56.5 cm³/mol. The van der Waals surface area contributed by atoms with Crippen LogP contribution < -0.4 is 5.32 Å². The molecule has 1 fully saturated rings. The van der Waals surface area contributed by atoms with Crippen LogP contribution in [0, 0.1) is 11.6 Å². The summed E-state index contributed by atoms with van der Waals surface area (Å²) in [4.78, 5) is 10.8. The maximum absolute atomic E-state index is 13.1. The normalized spacial score (nSPS) is 20.0. The fourth-order valence-electron chi connectivity index (χ4n) is 2.09. The van der Waals surface area contributed by atoms with Crippen molar-refractivity contribution in [3.8, 4) is 0 Å². The summed E-state index contributed by atoms with van der Waals surface area (Å²) in [5.74, 6) is -1.86. The SMILES string of the molecule is O=Cc1cc(F)c(F)cc1CC1CCCN1. The standard InChI is InChI=1S/C12H13F2NO/c13-11-5-8(4-10-2-1-3-15-10)9(7-16)6-12(11)14/h5-7,10,15H,1-4H2. The van der Waals surface area contributed by atoms with Gasteiger partial charge < -0.3 is 5.32 Å². The molecule has 0 saturated carbocycles. The number of carbonyl (C=O) groups is 1. The number of hydrogen-bond acceptors (Lipinski definition) is 2. The van der Waals surface area contributed by atoms with E-state index in [1.165, 1.54) is 0 Å². The Morgan fingerprint density at radius 3 is 2.75 bits per heavy atom. The Morgan fingerprint density at radius 1 is 1.38 bits per heavy atom. The van der Waals surface area contributed by atoms with Gasteiger partial charge in [-0.05, 0) is 43.5 Å². The second-order valence-corrected chi connectivity index (χ2v) is 4.08. The van der Waals surface area contributed by atoms with Gasteiger partial charge in [0, 0.05) is 11.6 Å². The van der Waals surface area contributed by atoms with Crippen LogP contribution in [0.5, 0.6) is 0 Å². The number of carbonyl (C=O) groups excluding carboxylic acids is 1. The molecule has 1 aliphatic heterocycles. The minimum absolute atomic E-state index is 0.243. The Morgan fingerprint density at radius 2 is 2.12 bits per heavy atom. The van der Waals surface area contributed by atoms with E-state index in [9.17, 15) is 13.6 Å². The van der Waals surface area contributed by atoms with E-state index >= 15 is 0 Å². The van der Waals surface area contributed by atoms with Crippen molar-refractivity contribution >= 4 is 6.29 Å². The molecular weight excluding hydrogens is 212 g/mol. The lowest BCUT2D eigenvalue weighted by atomic mass is 9.99. The van der Waals surface area contributed by atoms with Crippen LogP contribution >= 0.6 is 0 Å². The van der Waals surface area contributed by atoms with Crippen LogP contribution in [0.4, 0.5) is 8.78 Å². The van der Waals surface area contributed by atoms with E-state index in [0.29, 0.717) is 18.3 Å². The van der Waals surface area contributed by atoms with Gasteiger partial charge in [-0.25, -0.2) is 8.78 Å². The molecule has 1 heterocycles. The Kier molecular flexibility index (Phi) is 3.29. The Hall–Kier alpha value is -1.29. The zero-order chi connectivity index (χ0) is 11.5. The van der Waals surface area contributed by atoms with E-state index < -0.39 is 11.6 Å². The Balaban J connectivity index is 2.24. The van der Waals surface area contributed by atoms with Crippen molar-refractivity contribution in [2.24, 2.45) is 0 Å². The number of rotatable bonds is 3. The third-order valence-electron chi connectivity index (χ3n) is 2.94. The average Bonchev–Trinajstić information content (AvgIpc) is 2.76. The maximum atomic E-state index is 13.1. The third-order valence-corrected chi connectivity index (χ3v) is 2.94. The van der Waals surface area contributed by atoms with Gasteiger partial charge >= 0.3 is 0 Å². The van der Waals surface area contributed by atoms with Crippen LogP contribution in [-0.4, -0.2) is 18.9 Å². The van der Waals surface area contributed by atoms with Gasteiger partial charge in [-0.1, -0.05) is 0 Å². The molecule has 1 unspecified atom stereocenters. The van der Waals surface area contributed by atoms with Crippen molar-refractivity contribution < 1.29 is 13.6 Å². The molecule has 0 spiro atoms. The van der Waals surface area contributed by atoms with Gasteiger partial charge in [-0.3, -0.25) is 4.79 Å². The van der Waals surface area contributed by atoms with Crippen molar-refractivity contribution in [2.45, 2.75) is 25.3 Å². The molecule has 86 valence electrons. The quantitative estimate of drug-likeness (QED) is 0.798. The summed E-state index contributed by atoms with van der Waals surface area (Å²) in [5, 5.41) is 3.26. The molecule has 2 rings (SSSR count). The molecule has 1 aliphatic rings. The summed E-state index contributed by atoms with van der Waals surface area (Å²) in [6.45, 7) is 0.949. The number of benzene rings is 1. The van der Waals surface area contributed by atoms with Crippen LogP contribution in [0.1, 0.15) is 28.8 Å². The van der Waals surface area contributed by atoms with E-state index in [0.717, 1.165) is 31.5 Å². The van der Waals surface area contributed by atoms with E-state index in [1.807, 2.05) is 0 Å². The van der Waals surface area contributed by atoms with E-state index in [2.05, 4.69) is 5.32 Å². The van der Waals surface area contributed by atoms with Gasteiger partial charge in [0.15, 0.2) is 11.6 Å². The topological polar surface area (TPSA) is 29.1 Å². The van der Waals surface area contributed by atoms with Gasteiger partial charge in [0.05, 0.1) is 0 Å². The monoisotopic (exact) mass is 225 g/mol. The molecule has 1 aromatic carbocycles. The lowest BCUT2D eigenvalue weighted by Crippen LogP contribution is -2.24. The lowest BCUT2D eigenvalue weighted by molar-refractivity contribution is 0.112. The highest BCUT2D eigenvalue weighted by Crippen LogP contribution is 2.18. The maximum Gasteiger partial charge on any atom is 0.159 e. The van der Waals surface area contributed by atoms with Gasteiger partial charge in [-0.2, -0.15) is 0 Å². The molecule has 1 atom stereocenters. The second kappa shape index (κ2) is 4.70. The van der Waals surface area contributed by atoms with Crippen molar-refractivity contribution in [1.29, 1.82) is 0 Å². The molecule has 0 aliphatic carbocycles. The lowest BCUT2D eigenvalue weighted by Gasteiger charge is -2.12. The summed E-state index contributed by atoms with van der Waals surface area (Å²) in [7, 11) is 0. The van der Waals surface area contributed by atoms with Gasteiger partial charge in [0.2, 0.25) is 0 Å². The van der Waals surface area contributed by atoms with Crippen molar-refractivity contribution in [3.63, 3.8) is 0 Å². The highest BCUT2D eigenvalue weighted by molar-refractivity contribution is 5.77. The van der Waals surface area contributed by atoms with E-state index in [1.54, 1.807) is 0 Å². The van der Waals surface area contributed by atoms with Crippen molar-refractivity contribution in [3.05, 3.63) is 34.9 Å². The summed E-state index contributed by atoms with van der Waals surface area (Å²) in [6.07, 6.45) is 3.25. The Bertz CT molecular complexity index is 400. The highest BCUT2D eigenvalue weighted by atomic mass is 19.2. The van der Waals surface area contributed by atoms with Crippen molar-refractivity contribution in [1.82, 2.24) is 5.32 Å². The summed E-state index contributed by atoms with van der Waals surface area (Å²) < 4.78 is 26.0. The number of halogens is 2. The minimum Gasteiger partial charge on any atom is -0.314 e. The molecule has 0 aromatic heterocycles. The molecule has 2 nitrogen and oxygen atoms in total. The first kappa shape index (κ1) is 11.2. The second-order valence-electron chi connectivity index (χ2n) is 4.08. The van der Waals surface area contributed by atoms with Gasteiger partial charge in [-0.15, -0.1) is 0 Å². The van der Waals surface area contributed by atoms with Gasteiger partial charge in [0.25, 0.3) is 0 Å². The number of hydrogen-bond donors (Lipinski definition) is 1. The Labute approximate surface area is 92.7 Å². The smallest absolute Gasteiger partial charge is 0.159 e. The van der Waals surface area contributed by atoms with Crippen LogP contribution in [0.3, 0.4) is 0 Å². The van der Waals surface area contributed by atoms with Crippen LogP contribution in [0.15, 0.2) is 12.1 Å². The summed E-state index contributed by atoms with van der Waals surface area (Å²) in [6, 6.07) is 2.36. The molecule has 1 saturated heterocycles. The fourth-order valence-corrected chi connectivity index (χ4v) is 2.09. The molecule has 1 aromatic rings. The average molecular weight is 225 g/mol. The molecule has 4 heteroatoms. The molecule has 16 heavy (non-hydrogen) atoms. The molecule has 0 amide bonds. The zero-order valence-corrected chi connectivity index (χ0v) is 8.80. The van der Waals surface area contributed by atoms with Crippen LogP contribution in [0.25, 0.3) is 0 Å². The largest absolute Gasteiger partial charge is 0.314 e. The summed E-state index contributed by atoms with van der Waals surface area (Å²) in [5.41, 5.74) is 0.820. The zero-order valence-electron chi connectivity index (χ0n) is 8.80. The van der Waals surface area contributed by atoms with E-state index in [4.69, 9.17) is 0 Å². The summed E-state index contributed by atoms with van der Waals surface area (Å²) >= 11 is 0. The third kappa shape index (κ3) is 2.27. The molecule has 0 bridgehead atoms. The molecular formula is C12H13F2NO.